The quantitative estimate of drug-likeness (QED) is 0.254. The average molecular weight is 509 g/mol. The first-order chi connectivity index (χ1) is 17.1. The minimum absolute atomic E-state index is 0.000265. The molecule has 1 aromatic carbocycles. The lowest BCUT2D eigenvalue weighted by atomic mass is 10.0. The van der Waals surface area contributed by atoms with Crippen LogP contribution in [-0.2, 0) is 22.5 Å². The zero-order valence-corrected chi connectivity index (χ0v) is 21.2. The van der Waals surface area contributed by atoms with E-state index in [1.165, 1.54) is 10.4 Å². The number of aromatic nitrogens is 2. The van der Waals surface area contributed by atoms with Crippen LogP contribution in [0.3, 0.4) is 0 Å². The maximum Gasteiger partial charge on any atom is 0.226 e. The number of nitrogens with two attached hydrogens (primary N) is 1. The molecule has 0 spiro atoms. The van der Waals surface area contributed by atoms with E-state index in [1.54, 1.807) is 36.0 Å². The van der Waals surface area contributed by atoms with Crippen molar-refractivity contribution >= 4 is 49.5 Å². The number of rotatable bonds is 9. The zero-order valence-electron chi connectivity index (χ0n) is 19.5. The van der Waals surface area contributed by atoms with E-state index in [1.807, 2.05) is 12.3 Å². The molecular weight excluding hydrogens is 480 g/mol. The maximum absolute atomic E-state index is 12.7. The van der Waals surface area contributed by atoms with E-state index in [0.717, 1.165) is 63.0 Å². The van der Waals surface area contributed by atoms with E-state index in [-0.39, 0.29) is 5.91 Å². The van der Waals surface area contributed by atoms with Crippen molar-refractivity contribution in [3.8, 4) is 21.7 Å². The lowest BCUT2D eigenvalue weighted by molar-refractivity contribution is -0.116. The lowest BCUT2D eigenvalue weighted by Gasteiger charge is -2.13. The number of amides is 1. The van der Waals surface area contributed by atoms with Gasteiger partial charge >= 0.3 is 0 Å². The van der Waals surface area contributed by atoms with Crippen molar-refractivity contribution in [2.75, 3.05) is 44.4 Å². The number of fused-ring (bicyclic) bond motifs is 2. The van der Waals surface area contributed by atoms with Gasteiger partial charge in [-0.2, -0.15) is 0 Å². The highest BCUT2D eigenvalue weighted by Crippen LogP contribution is 2.45. The van der Waals surface area contributed by atoms with E-state index >= 15 is 0 Å². The third-order valence-electron chi connectivity index (χ3n) is 5.89. The number of hydrogen-bond acceptors (Lipinski definition) is 9. The molecule has 4 aromatic rings. The number of pyridine rings is 1. The van der Waals surface area contributed by atoms with E-state index < -0.39 is 0 Å². The van der Waals surface area contributed by atoms with Crippen LogP contribution in [0.15, 0.2) is 36.7 Å². The van der Waals surface area contributed by atoms with E-state index in [0.29, 0.717) is 25.3 Å². The maximum atomic E-state index is 12.7. The van der Waals surface area contributed by atoms with Crippen LogP contribution in [0.25, 0.3) is 31.9 Å². The second-order valence-electron chi connectivity index (χ2n) is 8.38. The largest absolute Gasteiger partial charge is 0.397 e. The molecule has 0 fully saturated rings. The number of thiazole rings is 1. The smallest absolute Gasteiger partial charge is 0.226 e. The van der Waals surface area contributed by atoms with Gasteiger partial charge in [0.25, 0.3) is 0 Å². The number of thiophene rings is 1. The number of ether oxygens (including phenoxy) is 1. The van der Waals surface area contributed by atoms with Gasteiger partial charge < -0.3 is 26.4 Å². The lowest BCUT2D eigenvalue weighted by Crippen LogP contribution is -2.24. The highest BCUT2D eigenvalue weighted by molar-refractivity contribution is 7.23. The van der Waals surface area contributed by atoms with Gasteiger partial charge in [0.05, 0.1) is 22.5 Å². The van der Waals surface area contributed by atoms with Crippen molar-refractivity contribution in [1.29, 1.82) is 0 Å². The monoisotopic (exact) mass is 508 g/mol. The Bertz CT molecular complexity index is 1350. The number of nitrogen functional groups attached to an aromatic ring is 1. The van der Waals surface area contributed by atoms with Crippen LogP contribution in [0, 0.1) is 0 Å². The van der Waals surface area contributed by atoms with Crippen molar-refractivity contribution in [3.05, 3.63) is 47.1 Å². The fraction of sp³-hybridized carbons (Fsp3) is 0.320. The Morgan fingerprint density at radius 2 is 2.11 bits per heavy atom. The van der Waals surface area contributed by atoms with Gasteiger partial charge in [-0.1, -0.05) is 6.07 Å². The highest BCUT2D eigenvalue weighted by Gasteiger charge is 2.25. The molecule has 1 amide bonds. The Balaban J connectivity index is 1.43. The number of methoxy groups -OCH3 is 1. The molecule has 35 heavy (non-hydrogen) atoms. The summed E-state index contributed by atoms with van der Waals surface area (Å²) in [7, 11) is 1.67. The van der Waals surface area contributed by atoms with Crippen molar-refractivity contribution < 1.29 is 9.53 Å². The Morgan fingerprint density at radius 1 is 1.20 bits per heavy atom. The average Bonchev–Trinajstić information content (AvgIpc) is 3.43. The summed E-state index contributed by atoms with van der Waals surface area (Å²) >= 11 is 3.31. The molecule has 4 heterocycles. The molecule has 0 saturated heterocycles. The molecule has 8 nitrogen and oxygen atoms in total. The predicted molar refractivity (Wildman–Crippen MR) is 144 cm³/mol. The zero-order chi connectivity index (χ0) is 24.2. The summed E-state index contributed by atoms with van der Waals surface area (Å²) in [5.41, 5.74) is 11.8. The molecule has 182 valence electrons. The summed E-state index contributed by atoms with van der Waals surface area (Å²) in [5, 5.41) is 11.7. The first kappa shape index (κ1) is 23.8. The molecule has 0 aliphatic carbocycles. The Kier molecular flexibility index (Phi) is 7.35. The number of benzene rings is 1. The molecule has 5 rings (SSSR count). The van der Waals surface area contributed by atoms with Crippen LogP contribution in [0.2, 0.25) is 0 Å². The second kappa shape index (κ2) is 10.8. The van der Waals surface area contributed by atoms with Crippen molar-refractivity contribution in [2.45, 2.75) is 19.4 Å². The first-order valence-corrected chi connectivity index (χ1v) is 13.2. The fourth-order valence-electron chi connectivity index (χ4n) is 4.17. The number of anilines is 2. The second-order valence-corrected chi connectivity index (χ2v) is 10.5. The van der Waals surface area contributed by atoms with Crippen molar-refractivity contribution in [3.63, 3.8) is 0 Å². The Morgan fingerprint density at radius 3 is 2.97 bits per heavy atom. The number of carbonyl (C=O) groups is 1. The summed E-state index contributed by atoms with van der Waals surface area (Å²) in [4.78, 5) is 23.2. The summed E-state index contributed by atoms with van der Waals surface area (Å²) in [5.74, 6) is 0.000265. The first-order valence-electron chi connectivity index (χ1n) is 11.6. The molecule has 0 saturated carbocycles. The van der Waals surface area contributed by atoms with Gasteiger partial charge in [0, 0.05) is 61.6 Å². The van der Waals surface area contributed by atoms with Crippen LogP contribution < -0.4 is 21.7 Å². The van der Waals surface area contributed by atoms with Crippen LogP contribution >= 0.6 is 22.7 Å². The topological polar surface area (TPSA) is 114 Å². The molecular formula is C25H28N6O2S2. The minimum atomic E-state index is 0.000265. The summed E-state index contributed by atoms with van der Waals surface area (Å²) in [6.07, 6.45) is 4.78. The van der Waals surface area contributed by atoms with Gasteiger partial charge in [-0.15, -0.1) is 22.7 Å². The molecule has 1 aliphatic heterocycles. The highest BCUT2D eigenvalue weighted by atomic mass is 32.1. The standard InChI is InChI=1S/C25H28N6O2S2/c1-33-9-8-27-7-5-22(32)31-25-23(18-4-6-28-14-21(18)35-25)24-30-19-11-15(2-3-20(19)34-24)16-10-17(26)13-29-12-16/h2-3,10-13,27-28H,4-9,14,26H2,1H3,(H,31,32). The van der Waals surface area contributed by atoms with Crippen molar-refractivity contribution in [1.82, 2.24) is 20.6 Å². The SMILES string of the molecule is COCCNCCC(=O)Nc1sc2c(c1-c1nc3cc(-c4cncc(N)c4)ccc3s1)CCNC2. The third kappa shape index (κ3) is 5.36. The molecule has 0 atom stereocenters. The van der Waals surface area contributed by atoms with E-state index in [9.17, 15) is 4.79 Å². The van der Waals surface area contributed by atoms with Gasteiger partial charge in [0.2, 0.25) is 5.91 Å². The summed E-state index contributed by atoms with van der Waals surface area (Å²) < 4.78 is 6.14. The van der Waals surface area contributed by atoms with Gasteiger partial charge in [0.15, 0.2) is 0 Å². The van der Waals surface area contributed by atoms with Gasteiger partial charge in [-0.25, -0.2) is 4.98 Å². The number of nitrogens with one attached hydrogen (secondary N) is 3. The molecule has 5 N–H and O–H groups in total. The van der Waals surface area contributed by atoms with Crippen LogP contribution in [0.1, 0.15) is 16.9 Å². The van der Waals surface area contributed by atoms with Gasteiger partial charge in [0.1, 0.15) is 10.0 Å². The number of carbonyl (C=O) groups excluding carboxylic acids is 1. The van der Waals surface area contributed by atoms with Gasteiger partial charge in [-0.05, 0) is 42.3 Å². The summed E-state index contributed by atoms with van der Waals surface area (Å²) in [6, 6.07) is 8.17. The molecule has 0 radical (unpaired) electrons. The fourth-order valence-corrected chi connectivity index (χ4v) is 6.49. The van der Waals surface area contributed by atoms with Crippen LogP contribution in [0.4, 0.5) is 10.7 Å². The van der Waals surface area contributed by atoms with Gasteiger partial charge in [-0.3, -0.25) is 9.78 Å². The minimum Gasteiger partial charge on any atom is -0.397 e. The molecule has 3 aromatic heterocycles. The van der Waals surface area contributed by atoms with Crippen molar-refractivity contribution in [2.24, 2.45) is 0 Å². The summed E-state index contributed by atoms with van der Waals surface area (Å²) in [6.45, 7) is 3.71. The molecule has 0 bridgehead atoms. The van der Waals surface area contributed by atoms with Crippen LogP contribution in [0.5, 0.6) is 0 Å². The molecule has 1 aliphatic rings. The number of nitrogens with zero attached hydrogens (tertiary/aromatic N) is 2. The number of hydrogen-bond donors (Lipinski definition) is 4. The Labute approximate surface area is 211 Å². The van der Waals surface area contributed by atoms with E-state index in [4.69, 9.17) is 15.5 Å². The third-order valence-corrected chi connectivity index (χ3v) is 8.09. The molecule has 0 unspecified atom stereocenters. The molecule has 10 heteroatoms. The Hall–Kier alpha value is -2.89. The normalized spacial score (nSPS) is 13.2. The van der Waals surface area contributed by atoms with E-state index in [2.05, 4.69) is 39.1 Å². The predicted octanol–water partition coefficient (Wildman–Crippen LogP) is 3.88. The van der Waals surface area contributed by atoms with Crippen LogP contribution in [-0.4, -0.2) is 49.2 Å².